The van der Waals surface area contributed by atoms with Gasteiger partial charge >= 0.3 is 0 Å². The first-order valence-corrected chi connectivity index (χ1v) is 9.39. The van der Waals surface area contributed by atoms with Crippen molar-refractivity contribution in [1.29, 1.82) is 0 Å². The number of nitrogens with zero attached hydrogens (tertiary/aromatic N) is 3. The number of rotatable bonds is 6. The Morgan fingerprint density at radius 2 is 1.92 bits per heavy atom. The van der Waals surface area contributed by atoms with Crippen LogP contribution >= 0.6 is 11.6 Å². The van der Waals surface area contributed by atoms with Gasteiger partial charge in [0.1, 0.15) is 0 Å². The Morgan fingerprint density at radius 1 is 1.12 bits per heavy atom. The molecule has 0 saturated carbocycles. The highest BCUT2D eigenvalue weighted by atomic mass is 35.5. The topological polar surface area (TPSA) is 41.8 Å². The summed E-state index contributed by atoms with van der Waals surface area (Å²) in [6, 6.07) is 14.5. The van der Waals surface area contributed by atoms with Gasteiger partial charge in [-0.05, 0) is 23.8 Å². The summed E-state index contributed by atoms with van der Waals surface area (Å²) in [6.45, 7) is 5.00. The van der Waals surface area contributed by atoms with Crippen LogP contribution in [0.25, 0.3) is 5.52 Å². The van der Waals surface area contributed by atoms with Crippen molar-refractivity contribution in [1.82, 2.24) is 19.8 Å². The second-order valence-corrected chi connectivity index (χ2v) is 6.92. The molecule has 1 N–H and O–H groups in total. The number of ether oxygens (including phenoxy) is 1. The van der Waals surface area contributed by atoms with Gasteiger partial charge in [0.15, 0.2) is 0 Å². The molecule has 1 atom stereocenters. The van der Waals surface area contributed by atoms with Gasteiger partial charge in [-0.1, -0.05) is 35.9 Å². The van der Waals surface area contributed by atoms with Gasteiger partial charge in [-0.2, -0.15) is 5.10 Å². The maximum atomic E-state index is 6.50. The third kappa shape index (κ3) is 3.76. The van der Waals surface area contributed by atoms with Gasteiger partial charge in [-0.15, -0.1) is 0 Å². The summed E-state index contributed by atoms with van der Waals surface area (Å²) in [5.41, 5.74) is 3.51. The monoisotopic (exact) mass is 370 g/mol. The number of nitrogens with one attached hydrogen (secondary N) is 1. The molecule has 0 radical (unpaired) electrons. The van der Waals surface area contributed by atoms with E-state index in [1.54, 1.807) is 0 Å². The molecule has 1 fully saturated rings. The number of aromatic nitrogens is 2. The maximum Gasteiger partial charge on any atom is 0.0706 e. The Hall–Kier alpha value is -1.92. The molecule has 1 aliphatic heterocycles. The van der Waals surface area contributed by atoms with E-state index in [2.05, 4.69) is 33.5 Å². The molecule has 0 amide bonds. The van der Waals surface area contributed by atoms with Crippen LogP contribution in [0.4, 0.5) is 0 Å². The zero-order chi connectivity index (χ0) is 17.8. The molecule has 3 heterocycles. The lowest BCUT2D eigenvalue weighted by atomic mass is 10.0. The molecular weight excluding hydrogens is 348 g/mol. The largest absolute Gasteiger partial charge is 0.379 e. The van der Waals surface area contributed by atoms with E-state index in [4.69, 9.17) is 16.3 Å². The van der Waals surface area contributed by atoms with Crippen molar-refractivity contribution >= 4 is 17.1 Å². The lowest BCUT2D eigenvalue weighted by Gasteiger charge is -2.35. The fraction of sp³-hybridized carbons (Fsp3) is 0.350. The van der Waals surface area contributed by atoms with E-state index >= 15 is 0 Å². The van der Waals surface area contributed by atoms with Crippen LogP contribution in [0.15, 0.2) is 54.9 Å². The van der Waals surface area contributed by atoms with Crippen LogP contribution in [0.2, 0.25) is 5.02 Å². The number of benzene rings is 1. The van der Waals surface area contributed by atoms with Gasteiger partial charge in [0.05, 0.1) is 24.9 Å². The minimum atomic E-state index is 0.231. The van der Waals surface area contributed by atoms with Gasteiger partial charge in [0.25, 0.3) is 0 Å². The van der Waals surface area contributed by atoms with E-state index in [0.717, 1.165) is 49.9 Å². The SMILES string of the molecule is Clc1ccccc1C(CNCc1cnn2ccccc12)N1CCOCC1. The smallest absolute Gasteiger partial charge is 0.0706 e. The van der Waals surface area contributed by atoms with Gasteiger partial charge < -0.3 is 10.1 Å². The van der Waals surface area contributed by atoms with Gasteiger partial charge in [0, 0.05) is 49.0 Å². The van der Waals surface area contributed by atoms with Crippen molar-refractivity contribution in [2.24, 2.45) is 0 Å². The average Bonchev–Trinajstić information content (AvgIpc) is 3.10. The highest BCUT2D eigenvalue weighted by Gasteiger charge is 2.24. The van der Waals surface area contributed by atoms with Crippen molar-refractivity contribution in [3.8, 4) is 0 Å². The summed E-state index contributed by atoms with van der Waals surface area (Å²) < 4.78 is 7.43. The van der Waals surface area contributed by atoms with Crippen LogP contribution in [0.1, 0.15) is 17.2 Å². The average molecular weight is 371 g/mol. The van der Waals surface area contributed by atoms with E-state index in [0.29, 0.717) is 0 Å². The molecule has 1 unspecified atom stereocenters. The Bertz CT molecular complexity index is 860. The molecule has 1 aliphatic rings. The first kappa shape index (κ1) is 17.5. The number of hydrogen-bond acceptors (Lipinski definition) is 4. The van der Waals surface area contributed by atoms with E-state index in [1.165, 1.54) is 11.1 Å². The summed E-state index contributed by atoms with van der Waals surface area (Å²) in [4.78, 5) is 2.45. The van der Waals surface area contributed by atoms with Crippen LogP contribution in [0.3, 0.4) is 0 Å². The fourth-order valence-electron chi connectivity index (χ4n) is 3.54. The van der Waals surface area contributed by atoms with Crippen molar-refractivity contribution in [3.05, 3.63) is 71.0 Å². The lowest BCUT2D eigenvalue weighted by molar-refractivity contribution is 0.0161. The van der Waals surface area contributed by atoms with Crippen LogP contribution in [-0.4, -0.2) is 47.4 Å². The van der Waals surface area contributed by atoms with Crippen molar-refractivity contribution in [2.45, 2.75) is 12.6 Å². The van der Waals surface area contributed by atoms with Gasteiger partial charge in [-0.25, -0.2) is 4.52 Å². The Labute approximate surface area is 158 Å². The molecule has 2 aromatic heterocycles. The standard InChI is InChI=1S/C20H23ClN4O/c21-18-6-2-1-5-17(18)20(24-9-11-26-12-10-24)15-22-13-16-14-23-25-8-4-3-7-19(16)25/h1-8,14,20,22H,9-13,15H2. The lowest BCUT2D eigenvalue weighted by Crippen LogP contribution is -2.42. The molecule has 0 bridgehead atoms. The fourth-order valence-corrected chi connectivity index (χ4v) is 3.80. The normalized spacial score (nSPS) is 16.8. The van der Waals surface area contributed by atoms with Crippen LogP contribution < -0.4 is 5.32 Å². The molecular formula is C20H23ClN4O. The second-order valence-electron chi connectivity index (χ2n) is 6.52. The summed E-state index contributed by atoms with van der Waals surface area (Å²) in [7, 11) is 0. The highest BCUT2D eigenvalue weighted by Crippen LogP contribution is 2.28. The molecule has 136 valence electrons. The minimum absolute atomic E-state index is 0.231. The summed E-state index contributed by atoms with van der Waals surface area (Å²) >= 11 is 6.50. The maximum absolute atomic E-state index is 6.50. The third-order valence-corrected chi connectivity index (χ3v) is 5.25. The molecule has 26 heavy (non-hydrogen) atoms. The molecule has 3 aromatic rings. The van der Waals surface area contributed by atoms with E-state index in [9.17, 15) is 0 Å². The molecule has 4 rings (SSSR count). The van der Waals surface area contributed by atoms with Crippen LogP contribution in [0.5, 0.6) is 0 Å². The number of fused-ring (bicyclic) bond motifs is 1. The summed E-state index contributed by atoms with van der Waals surface area (Å²) in [5.74, 6) is 0. The summed E-state index contributed by atoms with van der Waals surface area (Å²) in [6.07, 6.45) is 3.90. The van der Waals surface area contributed by atoms with Gasteiger partial charge in [0.2, 0.25) is 0 Å². The van der Waals surface area contributed by atoms with E-state index in [1.807, 2.05) is 41.2 Å². The zero-order valence-corrected chi connectivity index (χ0v) is 15.4. The first-order valence-electron chi connectivity index (χ1n) is 9.01. The summed E-state index contributed by atoms with van der Waals surface area (Å²) in [5, 5.41) is 8.84. The molecule has 6 heteroatoms. The Balaban J connectivity index is 1.48. The zero-order valence-electron chi connectivity index (χ0n) is 14.6. The predicted octanol–water partition coefficient (Wildman–Crippen LogP) is 3.15. The quantitative estimate of drug-likeness (QED) is 0.723. The molecule has 5 nitrogen and oxygen atoms in total. The first-order chi connectivity index (χ1) is 12.8. The van der Waals surface area contributed by atoms with Crippen LogP contribution in [0, 0.1) is 0 Å². The molecule has 1 aromatic carbocycles. The van der Waals surface area contributed by atoms with Crippen LogP contribution in [-0.2, 0) is 11.3 Å². The number of hydrogen-bond donors (Lipinski definition) is 1. The van der Waals surface area contributed by atoms with E-state index in [-0.39, 0.29) is 6.04 Å². The Kier molecular flexibility index (Phi) is 5.51. The highest BCUT2D eigenvalue weighted by molar-refractivity contribution is 6.31. The van der Waals surface area contributed by atoms with Gasteiger partial charge in [-0.3, -0.25) is 4.90 Å². The predicted molar refractivity (Wildman–Crippen MR) is 103 cm³/mol. The number of pyridine rings is 1. The third-order valence-electron chi connectivity index (χ3n) is 4.91. The number of morpholine rings is 1. The molecule has 0 aliphatic carbocycles. The van der Waals surface area contributed by atoms with Crippen molar-refractivity contribution < 1.29 is 4.74 Å². The molecule has 0 spiro atoms. The second kappa shape index (κ2) is 8.18. The molecule has 1 saturated heterocycles. The Morgan fingerprint density at radius 3 is 2.77 bits per heavy atom. The number of halogens is 1. The van der Waals surface area contributed by atoms with E-state index < -0.39 is 0 Å². The van der Waals surface area contributed by atoms with Crippen molar-refractivity contribution in [3.63, 3.8) is 0 Å². The van der Waals surface area contributed by atoms with Crippen molar-refractivity contribution in [2.75, 3.05) is 32.8 Å². The minimum Gasteiger partial charge on any atom is -0.379 e.